The fourth-order valence-corrected chi connectivity index (χ4v) is 1.47. The van der Waals surface area contributed by atoms with Crippen LogP contribution in [-0.2, 0) is 0 Å². The maximum absolute atomic E-state index is 5.46. The van der Waals surface area contributed by atoms with E-state index in [0.29, 0.717) is 6.04 Å². The van der Waals surface area contributed by atoms with Gasteiger partial charge < -0.3 is 0 Å². The van der Waals surface area contributed by atoms with Crippen LogP contribution in [0.1, 0.15) is 25.7 Å². The third kappa shape index (κ3) is 1.70. The van der Waals surface area contributed by atoms with E-state index in [1.54, 1.807) is 0 Å². The Hall–Kier alpha value is -0.0100. The molecule has 2 heteroatoms. The lowest BCUT2D eigenvalue weighted by Crippen LogP contribution is -2.25. The van der Waals surface area contributed by atoms with E-state index < -0.39 is 0 Å². The molecule has 0 unspecified atom stereocenters. The van der Waals surface area contributed by atoms with Crippen LogP contribution < -0.4 is 4.84 Å². The molecule has 1 rings (SSSR count). The largest absolute Gasteiger partial charge is 0.226 e. The van der Waals surface area contributed by atoms with E-state index in [4.69, 9.17) is 11.8 Å². The van der Waals surface area contributed by atoms with Crippen LogP contribution in [0.15, 0.2) is 12.2 Å². The number of rotatable bonds is 1. The maximum atomic E-state index is 5.46. The molecule has 0 heterocycles. The summed E-state index contributed by atoms with van der Waals surface area (Å²) >= 11 is 5.46. The van der Waals surface area contributed by atoms with Gasteiger partial charge in [-0.05, 0) is 31.0 Å². The van der Waals surface area contributed by atoms with Crippen molar-refractivity contribution in [3.8, 4) is 0 Å². The molecule has 0 amide bonds. The first-order chi connectivity index (χ1) is 4.34. The van der Waals surface area contributed by atoms with Gasteiger partial charge >= 0.3 is 0 Å². The van der Waals surface area contributed by atoms with Gasteiger partial charge in [-0.15, -0.1) is 0 Å². The van der Waals surface area contributed by atoms with Crippen molar-refractivity contribution in [2.45, 2.75) is 31.7 Å². The van der Waals surface area contributed by atoms with Crippen molar-refractivity contribution in [2.75, 3.05) is 0 Å². The molecule has 0 aromatic rings. The smallest absolute Gasteiger partial charge is 0.0427 e. The van der Waals surface area contributed by atoms with Crippen molar-refractivity contribution in [3.63, 3.8) is 0 Å². The Labute approximate surface area is 61.2 Å². The lowest BCUT2D eigenvalue weighted by atomic mass is 9.92. The molecular weight excluding hydrogens is 134 g/mol. The molecule has 1 aliphatic carbocycles. The zero-order chi connectivity index (χ0) is 6.69. The second-order valence-corrected chi connectivity index (χ2v) is 2.78. The third-order valence-electron chi connectivity index (χ3n) is 1.87. The summed E-state index contributed by atoms with van der Waals surface area (Å²) < 4.78 is 0. The van der Waals surface area contributed by atoms with Crippen molar-refractivity contribution in [1.82, 2.24) is 4.84 Å². The Morgan fingerprint density at radius 1 is 1.56 bits per heavy atom. The highest BCUT2D eigenvalue weighted by molar-refractivity contribution is 6.13. The molecule has 1 fully saturated rings. The first-order valence-electron chi connectivity index (χ1n) is 3.38. The van der Waals surface area contributed by atoms with Gasteiger partial charge in [0.2, 0.25) is 0 Å². The Bertz CT molecular complexity index is 111. The quantitative estimate of drug-likeness (QED) is 0.441. The van der Waals surface area contributed by atoms with Crippen molar-refractivity contribution in [2.24, 2.45) is 0 Å². The molecule has 0 bridgehead atoms. The fraction of sp³-hybridized carbons (Fsp3) is 0.714. The second-order valence-electron chi connectivity index (χ2n) is 2.57. The van der Waals surface area contributed by atoms with Crippen LogP contribution >= 0.6 is 11.8 Å². The number of hydrogen-bond acceptors (Lipinski definition) is 1. The molecular formula is C7H12ClN. The highest BCUT2D eigenvalue weighted by Gasteiger charge is 2.14. The van der Waals surface area contributed by atoms with E-state index in [0.717, 1.165) is 12.8 Å². The van der Waals surface area contributed by atoms with Crippen LogP contribution in [0.3, 0.4) is 0 Å². The summed E-state index contributed by atoms with van der Waals surface area (Å²) in [7, 11) is 0. The molecule has 52 valence electrons. The molecule has 1 aliphatic rings. The van der Waals surface area contributed by atoms with Gasteiger partial charge in [0.25, 0.3) is 0 Å². The van der Waals surface area contributed by atoms with Crippen molar-refractivity contribution < 1.29 is 0 Å². The van der Waals surface area contributed by atoms with Gasteiger partial charge in [-0.1, -0.05) is 18.6 Å². The van der Waals surface area contributed by atoms with Crippen LogP contribution in [-0.4, -0.2) is 6.04 Å². The molecule has 0 radical (unpaired) electrons. The summed E-state index contributed by atoms with van der Waals surface area (Å²) in [6.07, 6.45) is 4.87. The minimum Gasteiger partial charge on any atom is -0.226 e. The van der Waals surface area contributed by atoms with Crippen molar-refractivity contribution in [3.05, 3.63) is 12.2 Å². The summed E-state index contributed by atoms with van der Waals surface area (Å²) in [5.41, 5.74) is 1.26. The van der Waals surface area contributed by atoms with Gasteiger partial charge in [-0.3, -0.25) is 0 Å². The number of hydrogen-bond donors (Lipinski definition) is 1. The Morgan fingerprint density at radius 2 is 2.33 bits per heavy atom. The van der Waals surface area contributed by atoms with Gasteiger partial charge in [0.05, 0.1) is 0 Å². The highest BCUT2D eigenvalue weighted by Crippen LogP contribution is 2.21. The minimum atomic E-state index is 0.375. The van der Waals surface area contributed by atoms with Crippen LogP contribution in [0, 0.1) is 0 Å². The summed E-state index contributed by atoms with van der Waals surface area (Å²) in [6, 6.07) is 0.375. The maximum Gasteiger partial charge on any atom is 0.0427 e. The van der Waals surface area contributed by atoms with Gasteiger partial charge in [0, 0.05) is 6.04 Å². The highest BCUT2D eigenvalue weighted by atomic mass is 35.5. The van der Waals surface area contributed by atoms with Crippen LogP contribution in [0.2, 0.25) is 0 Å². The second kappa shape index (κ2) is 3.23. The lowest BCUT2D eigenvalue weighted by molar-refractivity contribution is 0.515. The Morgan fingerprint density at radius 3 is 2.78 bits per heavy atom. The van der Waals surface area contributed by atoms with Gasteiger partial charge in [0.1, 0.15) is 0 Å². The standard InChI is InChI=1S/C7H12ClN/c1-6-4-2-3-5-7(6)9-8/h7,9H,1-5H2/t7-/m1/s1. The minimum absolute atomic E-state index is 0.375. The van der Waals surface area contributed by atoms with E-state index >= 15 is 0 Å². The Balaban J connectivity index is 2.39. The van der Waals surface area contributed by atoms with E-state index in [9.17, 15) is 0 Å². The van der Waals surface area contributed by atoms with Crippen LogP contribution in [0.25, 0.3) is 0 Å². The molecule has 9 heavy (non-hydrogen) atoms. The molecule has 0 spiro atoms. The SMILES string of the molecule is C=C1CCCC[C@H]1NCl. The molecule has 0 aromatic carbocycles. The van der Waals surface area contributed by atoms with Crippen LogP contribution in [0.4, 0.5) is 0 Å². The molecule has 1 N–H and O–H groups in total. The normalized spacial score (nSPS) is 28.6. The van der Waals surface area contributed by atoms with Gasteiger partial charge in [0.15, 0.2) is 0 Å². The summed E-state index contributed by atoms with van der Waals surface area (Å²) in [5.74, 6) is 0. The summed E-state index contributed by atoms with van der Waals surface area (Å²) in [5, 5.41) is 0. The predicted molar refractivity (Wildman–Crippen MR) is 40.4 cm³/mol. The summed E-state index contributed by atoms with van der Waals surface area (Å²) in [4.78, 5) is 2.73. The average Bonchev–Trinajstić information content (AvgIpc) is 1.89. The predicted octanol–water partition coefficient (Wildman–Crippen LogP) is 2.23. The van der Waals surface area contributed by atoms with Gasteiger partial charge in [-0.25, -0.2) is 4.84 Å². The zero-order valence-electron chi connectivity index (χ0n) is 5.49. The average molecular weight is 146 g/mol. The summed E-state index contributed by atoms with van der Waals surface area (Å²) in [6.45, 7) is 3.92. The number of halogens is 1. The van der Waals surface area contributed by atoms with Crippen molar-refractivity contribution in [1.29, 1.82) is 0 Å². The molecule has 0 saturated heterocycles. The van der Waals surface area contributed by atoms with E-state index in [1.807, 2.05) is 0 Å². The monoisotopic (exact) mass is 145 g/mol. The van der Waals surface area contributed by atoms with E-state index in [-0.39, 0.29) is 0 Å². The molecule has 1 nitrogen and oxygen atoms in total. The molecule has 1 saturated carbocycles. The third-order valence-corrected chi connectivity index (χ3v) is 2.13. The topological polar surface area (TPSA) is 12.0 Å². The first-order valence-corrected chi connectivity index (χ1v) is 3.76. The molecule has 0 aliphatic heterocycles. The lowest BCUT2D eigenvalue weighted by Gasteiger charge is -2.22. The van der Waals surface area contributed by atoms with E-state index in [1.165, 1.54) is 18.4 Å². The molecule has 0 aromatic heterocycles. The van der Waals surface area contributed by atoms with Crippen molar-refractivity contribution >= 4 is 11.8 Å². The van der Waals surface area contributed by atoms with Crippen LogP contribution in [0.5, 0.6) is 0 Å². The Kier molecular flexibility index (Phi) is 2.55. The molecule has 1 atom stereocenters. The van der Waals surface area contributed by atoms with Gasteiger partial charge in [-0.2, -0.15) is 0 Å². The first kappa shape index (κ1) is 7.10. The number of nitrogens with one attached hydrogen (secondary N) is 1. The zero-order valence-corrected chi connectivity index (χ0v) is 6.25. The van der Waals surface area contributed by atoms with E-state index in [2.05, 4.69) is 11.4 Å². The fourth-order valence-electron chi connectivity index (χ4n) is 1.21.